The minimum Gasteiger partial charge on any atom is -0.310 e. The topological polar surface area (TPSA) is 51.0 Å². The Labute approximate surface area is 155 Å². The summed E-state index contributed by atoms with van der Waals surface area (Å²) in [5.41, 5.74) is 2.62. The van der Waals surface area contributed by atoms with E-state index in [1.165, 1.54) is 12.1 Å². The van der Waals surface area contributed by atoms with E-state index in [1.807, 2.05) is 36.4 Å². The highest BCUT2D eigenvalue weighted by molar-refractivity contribution is 6.11. The lowest BCUT2D eigenvalue weighted by molar-refractivity contribution is 0.0989. The molecule has 27 heavy (non-hydrogen) atoms. The zero-order chi connectivity index (χ0) is 18.8. The van der Waals surface area contributed by atoms with Gasteiger partial charge < -0.3 is 4.90 Å². The number of hydrogen-bond donors (Lipinski definition) is 0. The summed E-state index contributed by atoms with van der Waals surface area (Å²) in [6.07, 6.45) is 1.67. The lowest BCUT2D eigenvalue weighted by Crippen LogP contribution is -2.26. The number of nitrogens with zero attached hydrogens (tertiary/aromatic N) is 4. The van der Waals surface area contributed by atoms with Gasteiger partial charge in [-0.1, -0.05) is 30.3 Å². The van der Waals surface area contributed by atoms with E-state index in [0.29, 0.717) is 23.3 Å². The van der Waals surface area contributed by atoms with Crippen LogP contribution < -0.4 is 4.90 Å². The second-order valence-electron chi connectivity index (χ2n) is 6.21. The van der Waals surface area contributed by atoms with E-state index in [2.05, 4.69) is 10.1 Å². The standard InChI is InChI=1S/C21H17FN4O/c1-25(17-6-3-2-4-7-17)21(27)19-18-8-5-13-23-20(18)26(24-19)14-15-9-11-16(22)12-10-15/h2-13H,14H2,1H3. The summed E-state index contributed by atoms with van der Waals surface area (Å²) in [5, 5.41) is 5.21. The van der Waals surface area contributed by atoms with Crippen LogP contribution in [0.5, 0.6) is 0 Å². The molecule has 0 bridgehead atoms. The van der Waals surface area contributed by atoms with Gasteiger partial charge in [-0.05, 0) is 42.0 Å². The Morgan fingerprint density at radius 2 is 1.78 bits per heavy atom. The van der Waals surface area contributed by atoms with Gasteiger partial charge in [0.25, 0.3) is 5.91 Å². The molecule has 0 saturated heterocycles. The van der Waals surface area contributed by atoms with Gasteiger partial charge in [0, 0.05) is 18.9 Å². The van der Waals surface area contributed by atoms with Gasteiger partial charge in [0.05, 0.1) is 11.9 Å². The van der Waals surface area contributed by atoms with Crippen molar-refractivity contribution in [2.45, 2.75) is 6.54 Å². The lowest BCUT2D eigenvalue weighted by atomic mass is 10.2. The fourth-order valence-corrected chi connectivity index (χ4v) is 2.97. The number of aromatic nitrogens is 3. The van der Waals surface area contributed by atoms with E-state index in [4.69, 9.17) is 0 Å². The van der Waals surface area contributed by atoms with Crippen LogP contribution in [0.25, 0.3) is 11.0 Å². The molecule has 6 heteroatoms. The molecule has 0 atom stereocenters. The van der Waals surface area contributed by atoms with Crippen LogP contribution in [0.4, 0.5) is 10.1 Å². The second-order valence-corrected chi connectivity index (χ2v) is 6.21. The first-order valence-corrected chi connectivity index (χ1v) is 8.52. The molecule has 0 fully saturated rings. The predicted molar refractivity (Wildman–Crippen MR) is 102 cm³/mol. The van der Waals surface area contributed by atoms with E-state index in [-0.39, 0.29) is 11.7 Å². The molecule has 2 aromatic carbocycles. The molecule has 0 radical (unpaired) electrons. The average molecular weight is 360 g/mol. The minimum atomic E-state index is -0.289. The summed E-state index contributed by atoms with van der Waals surface area (Å²) < 4.78 is 14.8. The highest BCUT2D eigenvalue weighted by Crippen LogP contribution is 2.21. The molecule has 2 heterocycles. The van der Waals surface area contributed by atoms with Gasteiger partial charge in [-0.3, -0.25) is 4.79 Å². The summed E-state index contributed by atoms with van der Waals surface area (Å²) in [6, 6.07) is 19.2. The third-order valence-electron chi connectivity index (χ3n) is 4.40. The second kappa shape index (κ2) is 6.99. The van der Waals surface area contributed by atoms with Crippen molar-refractivity contribution in [3.05, 3.63) is 90.0 Å². The van der Waals surface area contributed by atoms with Crippen LogP contribution in [-0.4, -0.2) is 27.7 Å². The number of fused-ring (bicyclic) bond motifs is 1. The number of pyridine rings is 1. The van der Waals surface area contributed by atoms with Crippen LogP contribution in [0.15, 0.2) is 72.9 Å². The number of halogens is 1. The molecule has 0 saturated carbocycles. The Hall–Kier alpha value is -3.54. The maximum Gasteiger partial charge on any atom is 0.279 e. The third kappa shape index (κ3) is 3.29. The molecule has 5 nitrogen and oxygen atoms in total. The first-order valence-electron chi connectivity index (χ1n) is 8.52. The Kier molecular flexibility index (Phi) is 4.38. The quantitative estimate of drug-likeness (QED) is 0.555. The summed E-state index contributed by atoms with van der Waals surface area (Å²) in [6.45, 7) is 0.399. The summed E-state index contributed by atoms with van der Waals surface area (Å²) in [5.74, 6) is -0.500. The van der Waals surface area contributed by atoms with Crippen molar-refractivity contribution >= 4 is 22.6 Å². The van der Waals surface area contributed by atoms with Gasteiger partial charge >= 0.3 is 0 Å². The van der Waals surface area contributed by atoms with Gasteiger partial charge in [-0.15, -0.1) is 0 Å². The normalized spacial score (nSPS) is 10.9. The van der Waals surface area contributed by atoms with Crippen molar-refractivity contribution in [1.82, 2.24) is 14.8 Å². The Bertz CT molecular complexity index is 1090. The molecule has 1 amide bonds. The monoisotopic (exact) mass is 360 g/mol. The van der Waals surface area contributed by atoms with E-state index < -0.39 is 0 Å². The van der Waals surface area contributed by atoms with E-state index in [1.54, 1.807) is 41.0 Å². The number of rotatable bonds is 4. The van der Waals surface area contributed by atoms with Gasteiger partial charge in [-0.25, -0.2) is 14.1 Å². The van der Waals surface area contributed by atoms with Gasteiger partial charge in [0.2, 0.25) is 0 Å². The van der Waals surface area contributed by atoms with Crippen LogP contribution >= 0.6 is 0 Å². The number of hydrogen-bond acceptors (Lipinski definition) is 3. The Morgan fingerprint density at radius 3 is 2.52 bits per heavy atom. The molecular weight excluding hydrogens is 343 g/mol. The van der Waals surface area contributed by atoms with Gasteiger partial charge in [0.1, 0.15) is 5.82 Å². The highest BCUT2D eigenvalue weighted by atomic mass is 19.1. The number of anilines is 1. The SMILES string of the molecule is CN(C(=O)c1nn(Cc2ccc(F)cc2)c2ncccc12)c1ccccc1. The van der Waals surface area contributed by atoms with Crippen molar-refractivity contribution in [1.29, 1.82) is 0 Å². The lowest BCUT2D eigenvalue weighted by Gasteiger charge is -2.15. The number of amides is 1. The van der Waals surface area contributed by atoms with Crippen LogP contribution in [0.3, 0.4) is 0 Å². The molecule has 4 rings (SSSR count). The van der Waals surface area contributed by atoms with Crippen molar-refractivity contribution in [2.24, 2.45) is 0 Å². The molecule has 0 aliphatic carbocycles. The molecule has 0 unspecified atom stereocenters. The fraction of sp³-hybridized carbons (Fsp3) is 0.0952. The number of carbonyl (C=O) groups excluding carboxylic acids is 1. The first kappa shape index (κ1) is 16.9. The molecule has 0 N–H and O–H groups in total. The van der Waals surface area contributed by atoms with Crippen molar-refractivity contribution in [3.63, 3.8) is 0 Å². The van der Waals surface area contributed by atoms with Crippen LogP contribution in [0.1, 0.15) is 16.1 Å². The summed E-state index contributed by atoms with van der Waals surface area (Å²) in [7, 11) is 1.72. The van der Waals surface area contributed by atoms with Crippen LogP contribution in [-0.2, 0) is 6.54 Å². The molecule has 0 spiro atoms. The van der Waals surface area contributed by atoms with E-state index in [9.17, 15) is 9.18 Å². The Balaban J connectivity index is 1.73. The molecule has 0 aliphatic heterocycles. The molecule has 134 valence electrons. The highest BCUT2D eigenvalue weighted by Gasteiger charge is 2.22. The zero-order valence-corrected chi connectivity index (χ0v) is 14.7. The largest absolute Gasteiger partial charge is 0.310 e. The summed E-state index contributed by atoms with van der Waals surface area (Å²) >= 11 is 0. The Morgan fingerprint density at radius 1 is 1.04 bits per heavy atom. The van der Waals surface area contributed by atoms with Crippen molar-refractivity contribution in [2.75, 3.05) is 11.9 Å². The third-order valence-corrected chi connectivity index (χ3v) is 4.40. The molecule has 0 aliphatic rings. The van der Waals surface area contributed by atoms with Crippen LogP contribution in [0, 0.1) is 5.82 Å². The van der Waals surface area contributed by atoms with Crippen molar-refractivity contribution in [3.8, 4) is 0 Å². The fourth-order valence-electron chi connectivity index (χ4n) is 2.97. The van der Waals surface area contributed by atoms with Crippen molar-refractivity contribution < 1.29 is 9.18 Å². The number of carbonyl (C=O) groups is 1. The first-order chi connectivity index (χ1) is 13.1. The number of para-hydroxylation sites is 1. The zero-order valence-electron chi connectivity index (χ0n) is 14.7. The molecule has 2 aromatic heterocycles. The maximum absolute atomic E-state index is 13.2. The van der Waals surface area contributed by atoms with E-state index in [0.717, 1.165) is 11.3 Å². The number of benzene rings is 2. The minimum absolute atomic E-state index is 0.211. The van der Waals surface area contributed by atoms with Crippen LogP contribution in [0.2, 0.25) is 0 Å². The smallest absolute Gasteiger partial charge is 0.279 e. The van der Waals surface area contributed by atoms with Gasteiger partial charge in [0.15, 0.2) is 11.3 Å². The molecular formula is C21H17FN4O. The summed E-state index contributed by atoms with van der Waals surface area (Å²) in [4.78, 5) is 19.0. The predicted octanol–water partition coefficient (Wildman–Crippen LogP) is 3.90. The average Bonchev–Trinajstić information content (AvgIpc) is 3.08. The van der Waals surface area contributed by atoms with Gasteiger partial charge in [-0.2, -0.15) is 5.10 Å². The molecule has 4 aromatic rings. The van der Waals surface area contributed by atoms with E-state index >= 15 is 0 Å². The maximum atomic E-state index is 13.2.